The Labute approximate surface area is 125 Å². The van der Waals surface area contributed by atoms with E-state index in [1.807, 2.05) is 11.3 Å². The molecule has 3 rings (SSSR count). The maximum absolute atomic E-state index is 5.67. The Hall–Kier alpha value is -0.900. The average molecular weight is 289 g/mol. The smallest absolute Gasteiger partial charge is 0.0588 e. The van der Waals surface area contributed by atoms with Gasteiger partial charge in [0.15, 0.2) is 0 Å². The average Bonchev–Trinajstić information content (AvgIpc) is 3.08. The summed E-state index contributed by atoms with van der Waals surface area (Å²) in [5.41, 5.74) is 1.43. The lowest BCUT2D eigenvalue weighted by atomic mass is 10.1. The van der Waals surface area contributed by atoms with E-state index >= 15 is 0 Å². The second-order valence-electron chi connectivity index (χ2n) is 5.69. The number of rotatable bonds is 5. The van der Waals surface area contributed by atoms with Gasteiger partial charge >= 0.3 is 0 Å². The van der Waals surface area contributed by atoms with Crippen LogP contribution in [0.1, 0.15) is 42.7 Å². The van der Waals surface area contributed by atoms with Crippen LogP contribution in [0.5, 0.6) is 0 Å². The fourth-order valence-corrected chi connectivity index (χ4v) is 4.27. The van der Waals surface area contributed by atoms with Gasteiger partial charge in [-0.3, -0.25) is 0 Å². The fourth-order valence-electron chi connectivity index (χ4n) is 3.03. The monoisotopic (exact) mass is 289 g/mol. The first-order valence-electron chi connectivity index (χ1n) is 7.58. The minimum Gasteiger partial charge on any atom is -0.378 e. The van der Waals surface area contributed by atoms with Crippen molar-refractivity contribution in [3.63, 3.8) is 0 Å². The van der Waals surface area contributed by atoms with Crippen molar-refractivity contribution in [2.24, 2.45) is 0 Å². The zero-order chi connectivity index (χ0) is 13.9. The molecule has 20 heavy (non-hydrogen) atoms. The van der Waals surface area contributed by atoms with E-state index < -0.39 is 0 Å². The molecule has 1 saturated heterocycles. The van der Waals surface area contributed by atoms with Crippen molar-refractivity contribution < 1.29 is 4.74 Å². The van der Waals surface area contributed by atoms with E-state index in [2.05, 4.69) is 43.4 Å². The molecule has 2 heterocycles. The lowest BCUT2D eigenvalue weighted by Crippen LogP contribution is -2.23. The van der Waals surface area contributed by atoms with Crippen LogP contribution >= 0.6 is 11.3 Å². The van der Waals surface area contributed by atoms with Gasteiger partial charge in [0, 0.05) is 22.2 Å². The number of nitrogens with one attached hydrogen (secondary N) is 1. The summed E-state index contributed by atoms with van der Waals surface area (Å²) < 4.78 is 7.07. The number of ether oxygens (including phenoxy) is 1. The summed E-state index contributed by atoms with van der Waals surface area (Å²) >= 11 is 1.92. The number of fused-ring (bicyclic) bond motifs is 1. The molecule has 1 aliphatic heterocycles. The van der Waals surface area contributed by atoms with Crippen molar-refractivity contribution in [1.29, 1.82) is 0 Å². The van der Waals surface area contributed by atoms with Crippen molar-refractivity contribution in [2.45, 2.75) is 45.3 Å². The van der Waals surface area contributed by atoms with Crippen LogP contribution in [-0.2, 0) is 4.74 Å². The van der Waals surface area contributed by atoms with Gasteiger partial charge in [0.1, 0.15) is 0 Å². The lowest BCUT2D eigenvalue weighted by Gasteiger charge is -2.15. The number of benzene rings is 1. The number of hydrogen-bond acceptors (Lipinski definition) is 3. The van der Waals surface area contributed by atoms with Crippen molar-refractivity contribution in [1.82, 2.24) is 5.32 Å². The summed E-state index contributed by atoms with van der Waals surface area (Å²) in [6.45, 7) is 6.51. The molecule has 3 heteroatoms. The van der Waals surface area contributed by atoms with Crippen molar-refractivity contribution in [3.8, 4) is 0 Å². The minimum atomic E-state index is 0.425. The van der Waals surface area contributed by atoms with Gasteiger partial charge in [-0.1, -0.05) is 18.2 Å². The highest BCUT2D eigenvalue weighted by molar-refractivity contribution is 7.19. The summed E-state index contributed by atoms with van der Waals surface area (Å²) in [4.78, 5) is 1.47. The SMILES string of the molecule is Cc1c(C(C)NCCC2CCCO2)sc2ccccc12. The predicted molar refractivity (Wildman–Crippen MR) is 86.6 cm³/mol. The summed E-state index contributed by atoms with van der Waals surface area (Å²) in [5, 5.41) is 5.06. The van der Waals surface area contributed by atoms with E-state index in [0.29, 0.717) is 12.1 Å². The summed E-state index contributed by atoms with van der Waals surface area (Å²) in [6, 6.07) is 9.12. The van der Waals surface area contributed by atoms with Gasteiger partial charge in [0.05, 0.1) is 6.10 Å². The van der Waals surface area contributed by atoms with Crippen LogP contribution in [-0.4, -0.2) is 19.3 Å². The highest BCUT2D eigenvalue weighted by atomic mass is 32.1. The van der Waals surface area contributed by atoms with E-state index in [9.17, 15) is 0 Å². The molecule has 2 nitrogen and oxygen atoms in total. The number of aryl methyl sites for hydroxylation is 1. The van der Waals surface area contributed by atoms with Crippen LogP contribution in [0.2, 0.25) is 0 Å². The predicted octanol–water partition coefficient (Wildman–Crippen LogP) is 4.43. The molecule has 0 aliphatic carbocycles. The maximum atomic E-state index is 5.67. The zero-order valence-electron chi connectivity index (χ0n) is 12.3. The highest BCUT2D eigenvalue weighted by Gasteiger charge is 2.17. The zero-order valence-corrected chi connectivity index (χ0v) is 13.1. The van der Waals surface area contributed by atoms with Crippen LogP contribution < -0.4 is 5.32 Å². The molecule has 0 radical (unpaired) electrons. The molecule has 2 unspecified atom stereocenters. The number of hydrogen-bond donors (Lipinski definition) is 1. The minimum absolute atomic E-state index is 0.425. The Kier molecular flexibility index (Phi) is 4.39. The van der Waals surface area contributed by atoms with Gasteiger partial charge in [-0.25, -0.2) is 0 Å². The fraction of sp³-hybridized carbons (Fsp3) is 0.529. The second kappa shape index (κ2) is 6.25. The van der Waals surface area contributed by atoms with Gasteiger partial charge in [-0.05, 0) is 56.7 Å². The Morgan fingerprint density at radius 2 is 2.25 bits per heavy atom. The van der Waals surface area contributed by atoms with Crippen LogP contribution in [0.3, 0.4) is 0 Å². The van der Waals surface area contributed by atoms with Gasteiger partial charge in [0.2, 0.25) is 0 Å². The molecule has 0 amide bonds. The maximum Gasteiger partial charge on any atom is 0.0588 e. The van der Waals surface area contributed by atoms with Crippen molar-refractivity contribution in [3.05, 3.63) is 34.7 Å². The Morgan fingerprint density at radius 1 is 1.40 bits per heavy atom. The van der Waals surface area contributed by atoms with Gasteiger partial charge in [0.25, 0.3) is 0 Å². The molecule has 1 fully saturated rings. The van der Waals surface area contributed by atoms with Crippen LogP contribution in [0.15, 0.2) is 24.3 Å². The van der Waals surface area contributed by atoms with Crippen molar-refractivity contribution in [2.75, 3.05) is 13.2 Å². The Balaban J connectivity index is 1.62. The summed E-state index contributed by atoms with van der Waals surface area (Å²) in [6.07, 6.45) is 4.08. The topological polar surface area (TPSA) is 21.3 Å². The first kappa shape index (κ1) is 14.1. The molecule has 2 atom stereocenters. The van der Waals surface area contributed by atoms with E-state index in [0.717, 1.165) is 19.6 Å². The van der Waals surface area contributed by atoms with E-state index in [-0.39, 0.29) is 0 Å². The second-order valence-corrected chi connectivity index (χ2v) is 6.77. The van der Waals surface area contributed by atoms with E-state index in [4.69, 9.17) is 4.74 Å². The normalized spacial score (nSPS) is 20.6. The molecule has 2 aromatic rings. The van der Waals surface area contributed by atoms with Crippen LogP contribution in [0.25, 0.3) is 10.1 Å². The highest BCUT2D eigenvalue weighted by Crippen LogP contribution is 2.34. The molecule has 108 valence electrons. The quantitative estimate of drug-likeness (QED) is 0.879. The van der Waals surface area contributed by atoms with Crippen LogP contribution in [0.4, 0.5) is 0 Å². The Bertz CT molecular complexity index is 571. The molecule has 1 aliphatic rings. The molecular formula is C17H23NOS. The molecule has 1 N–H and O–H groups in total. The van der Waals surface area contributed by atoms with E-state index in [1.165, 1.54) is 33.4 Å². The van der Waals surface area contributed by atoms with Gasteiger partial charge < -0.3 is 10.1 Å². The third-order valence-corrected chi connectivity index (χ3v) is 5.67. The first-order chi connectivity index (χ1) is 9.75. The van der Waals surface area contributed by atoms with Crippen LogP contribution in [0, 0.1) is 6.92 Å². The van der Waals surface area contributed by atoms with Crippen molar-refractivity contribution >= 4 is 21.4 Å². The largest absolute Gasteiger partial charge is 0.378 e. The summed E-state index contributed by atoms with van der Waals surface area (Å²) in [7, 11) is 0. The van der Waals surface area contributed by atoms with Gasteiger partial charge in [-0.15, -0.1) is 11.3 Å². The first-order valence-corrected chi connectivity index (χ1v) is 8.40. The third kappa shape index (κ3) is 2.90. The Morgan fingerprint density at radius 3 is 3.00 bits per heavy atom. The third-order valence-electron chi connectivity index (χ3n) is 4.21. The molecule has 0 bridgehead atoms. The standard InChI is InChI=1S/C17H23NOS/c1-12-15-7-3-4-8-16(15)20-17(12)13(2)18-10-9-14-6-5-11-19-14/h3-4,7-8,13-14,18H,5-6,9-11H2,1-2H3. The molecular weight excluding hydrogens is 266 g/mol. The van der Waals surface area contributed by atoms with E-state index in [1.54, 1.807) is 0 Å². The molecule has 1 aromatic carbocycles. The number of thiophene rings is 1. The molecule has 0 spiro atoms. The molecule has 0 saturated carbocycles. The summed E-state index contributed by atoms with van der Waals surface area (Å²) in [5.74, 6) is 0. The molecule has 1 aromatic heterocycles. The lowest BCUT2D eigenvalue weighted by molar-refractivity contribution is 0.103. The van der Waals surface area contributed by atoms with Gasteiger partial charge in [-0.2, -0.15) is 0 Å².